The molecule has 0 unspecified atom stereocenters. The number of nitrogens with one attached hydrogen (secondary N) is 1. The second kappa shape index (κ2) is 4.11. The lowest BCUT2D eigenvalue weighted by Gasteiger charge is -2.06. The summed E-state index contributed by atoms with van der Waals surface area (Å²) in [5.74, 6) is 0. The van der Waals surface area contributed by atoms with Gasteiger partial charge in [0, 0.05) is 6.54 Å². The van der Waals surface area contributed by atoms with Crippen LogP contribution in [0, 0.1) is 0 Å². The molecule has 3 nitrogen and oxygen atoms in total. The number of para-hydroxylation sites is 3. The molecule has 0 saturated heterocycles. The number of fused-ring (bicyclic) bond motifs is 2. The minimum absolute atomic E-state index is 0.810. The van der Waals surface area contributed by atoms with Crippen molar-refractivity contribution in [3.05, 3.63) is 48.0 Å². The highest BCUT2D eigenvalue weighted by Gasteiger charge is 2.04. The normalized spacial score (nSPS) is 11.1. The fourth-order valence-corrected chi connectivity index (χ4v) is 2.03. The van der Waals surface area contributed by atoms with E-state index in [9.17, 15) is 0 Å². The maximum absolute atomic E-state index is 4.69. The summed E-state index contributed by atoms with van der Waals surface area (Å²) in [6.45, 7) is 0.810. The first kappa shape index (κ1) is 10.2. The molecule has 0 fully saturated rings. The molecule has 0 saturated carbocycles. The fourth-order valence-electron chi connectivity index (χ4n) is 2.03. The van der Waals surface area contributed by atoms with Crippen LogP contribution in [-0.2, 0) is 6.54 Å². The van der Waals surface area contributed by atoms with Crippen molar-refractivity contribution in [1.29, 1.82) is 0 Å². The van der Waals surface area contributed by atoms with E-state index in [4.69, 9.17) is 4.98 Å². The molecule has 84 valence electrons. The van der Waals surface area contributed by atoms with Crippen molar-refractivity contribution in [2.24, 2.45) is 0 Å². The molecule has 1 heterocycles. The van der Waals surface area contributed by atoms with E-state index in [1.807, 2.05) is 43.4 Å². The zero-order chi connectivity index (χ0) is 11.7. The van der Waals surface area contributed by atoms with Crippen molar-refractivity contribution >= 4 is 22.1 Å². The summed E-state index contributed by atoms with van der Waals surface area (Å²) in [6.07, 6.45) is 0. The van der Waals surface area contributed by atoms with Crippen molar-refractivity contribution < 1.29 is 0 Å². The van der Waals surface area contributed by atoms with Crippen LogP contribution in [0.3, 0.4) is 0 Å². The lowest BCUT2D eigenvalue weighted by atomic mass is 10.1. The Morgan fingerprint density at radius 3 is 2.35 bits per heavy atom. The van der Waals surface area contributed by atoms with Crippen LogP contribution in [0.15, 0.2) is 42.5 Å². The summed E-state index contributed by atoms with van der Waals surface area (Å²) < 4.78 is 0. The molecular weight excluding hydrogens is 210 g/mol. The first-order valence-corrected chi connectivity index (χ1v) is 5.67. The van der Waals surface area contributed by atoms with Crippen LogP contribution in [0.1, 0.15) is 5.56 Å². The van der Waals surface area contributed by atoms with Gasteiger partial charge in [-0.2, -0.15) is 0 Å². The van der Waals surface area contributed by atoms with Crippen LogP contribution in [0.5, 0.6) is 0 Å². The van der Waals surface area contributed by atoms with Crippen molar-refractivity contribution in [2.45, 2.75) is 6.54 Å². The molecule has 1 aromatic heterocycles. The maximum atomic E-state index is 4.69. The van der Waals surface area contributed by atoms with E-state index in [-0.39, 0.29) is 0 Å². The van der Waals surface area contributed by atoms with Crippen LogP contribution in [0.2, 0.25) is 0 Å². The van der Waals surface area contributed by atoms with Gasteiger partial charge in [0.2, 0.25) is 0 Å². The third kappa shape index (κ3) is 1.74. The smallest absolute Gasteiger partial charge is 0.0939 e. The van der Waals surface area contributed by atoms with E-state index in [2.05, 4.69) is 16.4 Å². The van der Waals surface area contributed by atoms with Crippen LogP contribution < -0.4 is 5.32 Å². The highest BCUT2D eigenvalue weighted by molar-refractivity contribution is 5.87. The van der Waals surface area contributed by atoms with Gasteiger partial charge in [-0.1, -0.05) is 24.3 Å². The predicted octanol–water partition coefficient (Wildman–Crippen LogP) is 2.50. The third-order valence-corrected chi connectivity index (χ3v) is 2.82. The Hall–Kier alpha value is -2.00. The third-order valence-electron chi connectivity index (χ3n) is 2.82. The predicted molar refractivity (Wildman–Crippen MR) is 69.8 cm³/mol. The van der Waals surface area contributed by atoms with Gasteiger partial charge in [0.1, 0.15) is 0 Å². The van der Waals surface area contributed by atoms with Crippen molar-refractivity contribution in [1.82, 2.24) is 15.3 Å². The van der Waals surface area contributed by atoms with Gasteiger partial charge in [-0.3, -0.25) is 0 Å². The van der Waals surface area contributed by atoms with Crippen LogP contribution in [-0.4, -0.2) is 17.0 Å². The number of aromatic nitrogens is 2. The molecule has 0 aliphatic heterocycles. The molecule has 0 aliphatic carbocycles. The lowest BCUT2D eigenvalue weighted by Crippen LogP contribution is -2.06. The number of benzene rings is 2. The Kier molecular flexibility index (Phi) is 2.46. The molecule has 17 heavy (non-hydrogen) atoms. The van der Waals surface area contributed by atoms with Gasteiger partial charge < -0.3 is 5.32 Å². The zero-order valence-corrected chi connectivity index (χ0v) is 9.64. The average Bonchev–Trinajstić information content (AvgIpc) is 2.37. The Balaban J connectivity index is 2.35. The lowest BCUT2D eigenvalue weighted by molar-refractivity contribution is 0.822. The Labute approximate surface area is 99.5 Å². The van der Waals surface area contributed by atoms with E-state index >= 15 is 0 Å². The first-order chi connectivity index (χ1) is 8.38. The average molecular weight is 223 g/mol. The van der Waals surface area contributed by atoms with E-state index in [1.165, 1.54) is 5.56 Å². The van der Waals surface area contributed by atoms with Crippen LogP contribution in [0.25, 0.3) is 22.1 Å². The summed E-state index contributed by atoms with van der Waals surface area (Å²) >= 11 is 0. The molecule has 2 aromatic carbocycles. The number of hydrogen-bond acceptors (Lipinski definition) is 3. The Morgan fingerprint density at radius 1 is 0.882 bits per heavy atom. The fraction of sp³-hybridized carbons (Fsp3) is 0.143. The monoisotopic (exact) mass is 223 g/mol. The number of rotatable bonds is 2. The minimum atomic E-state index is 0.810. The Bertz CT molecular complexity index is 676. The summed E-state index contributed by atoms with van der Waals surface area (Å²) in [7, 11) is 1.94. The summed E-state index contributed by atoms with van der Waals surface area (Å²) in [6, 6.07) is 14.1. The van der Waals surface area contributed by atoms with E-state index in [1.54, 1.807) is 0 Å². The van der Waals surface area contributed by atoms with Gasteiger partial charge >= 0.3 is 0 Å². The molecule has 3 aromatic rings. The first-order valence-electron chi connectivity index (χ1n) is 5.67. The number of hydrogen-bond donors (Lipinski definition) is 1. The van der Waals surface area contributed by atoms with Crippen molar-refractivity contribution in [3.63, 3.8) is 0 Å². The zero-order valence-electron chi connectivity index (χ0n) is 9.64. The van der Waals surface area contributed by atoms with Gasteiger partial charge in [-0.15, -0.1) is 0 Å². The molecule has 3 rings (SSSR count). The molecule has 0 amide bonds. The summed E-state index contributed by atoms with van der Waals surface area (Å²) in [5.41, 5.74) is 5.02. The van der Waals surface area contributed by atoms with Gasteiger partial charge in [-0.25, -0.2) is 9.97 Å². The summed E-state index contributed by atoms with van der Waals surface area (Å²) in [5, 5.41) is 3.16. The molecule has 0 atom stereocenters. The van der Waals surface area contributed by atoms with Crippen LogP contribution >= 0.6 is 0 Å². The Morgan fingerprint density at radius 2 is 1.59 bits per heavy atom. The topological polar surface area (TPSA) is 37.8 Å². The highest BCUT2D eigenvalue weighted by atomic mass is 14.8. The van der Waals surface area contributed by atoms with E-state index < -0.39 is 0 Å². The molecule has 1 N–H and O–H groups in total. The molecule has 0 spiro atoms. The van der Waals surface area contributed by atoms with Crippen LogP contribution in [0.4, 0.5) is 0 Å². The van der Waals surface area contributed by atoms with E-state index in [0.29, 0.717) is 0 Å². The quantitative estimate of drug-likeness (QED) is 0.678. The van der Waals surface area contributed by atoms with Crippen molar-refractivity contribution in [2.75, 3.05) is 7.05 Å². The molecule has 3 heteroatoms. The van der Waals surface area contributed by atoms with Gasteiger partial charge in [0.05, 0.1) is 22.1 Å². The SMILES string of the molecule is CNCc1cccc2nc3ccccc3nc12. The molecular formula is C14H13N3. The van der Waals surface area contributed by atoms with Gasteiger partial charge in [0.25, 0.3) is 0 Å². The van der Waals surface area contributed by atoms with E-state index in [0.717, 1.165) is 28.6 Å². The molecule has 0 aliphatic rings. The van der Waals surface area contributed by atoms with Crippen molar-refractivity contribution in [3.8, 4) is 0 Å². The second-order valence-electron chi connectivity index (χ2n) is 4.03. The molecule has 0 bridgehead atoms. The molecule has 0 radical (unpaired) electrons. The second-order valence-corrected chi connectivity index (χ2v) is 4.03. The largest absolute Gasteiger partial charge is 0.316 e. The van der Waals surface area contributed by atoms with Gasteiger partial charge in [-0.05, 0) is 30.8 Å². The summed E-state index contributed by atoms with van der Waals surface area (Å²) in [4.78, 5) is 9.32. The number of nitrogens with zero attached hydrogens (tertiary/aromatic N) is 2. The standard InChI is InChI=1S/C14H13N3/c1-15-9-10-5-4-8-13-14(10)17-12-7-3-2-6-11(12)16-13/h2-8,15H,9H2,1H3. The minimum Gasteiger partial charge on any atom is -0.316 e. The highest BCUT2D eigenvalue weighted by Crippen LogP contribution is 2.18. The van der Waals surface area contributed by atoms with Gasteiger partial charge in [0.15, 0.2) is 0 Å². The maximum Gasteiger partial charge on any atom is 0.0939 e.